The van der Waals surface area contributed by atoms with E-state index in [1.807, 2.05) is 31.2 Å². The van der Waals surface area contributed by atoms with Crippen molar-refractivity contribution in [2.45, 2.75) is 26.1 Å². The van der Waals surface area contributed by atoms with Gasteiger partial charge in [0.2, 0.25) is 0 Å². The highest BCUT2D eigenvalue weighted by Gasteiger charge is 2.11. The third-order valence-electron chi connectivity index (χ3n) is 2.34. The molecule has 1 unspecified atom stereocenters. The molecular weight excluding hydrogens is 204 g/mol. The molecule has 0 aliphatic heterocycles. The zero-order valence-corrected chi connectivity index (χ0v) is 9.98. The van der Waals surface area contributed by atoms with E-state index in [2.05, 4.69) is 0 Å². The van der Waals surface area contributed by atoms with Gasteiger partial charge in [-0.2, -0.15) is 0 Å². The van der Waals surface area contributed by atoms with Crippen LogP contribution in [-0.2, 0) is 16.1 Å². The predicted molar refractivity (Wildman–Crippen MR) is 63.2 cm³/mol. The molecule has 0 aliphatic rings. The lowest BCUT2D eigenvalue weighted by Crippen LogP contribution is -2.10. The van der Waals surface area contributed by atoms with E-state index in [0.29, 0.717) is 19.8 Å². The van der Waals surface area contributed by atoms with E-state index in [0.717, 1.165) is 17.5 Å². The molecule has 1 rings (SSSR count). The monoisotopic (exact) mass is 224 g/mol. The lowest BCUT2D eigenvalue weighted by molar-refractivity contribution is 0.0350. The first kappa shape index (κ1) is 13.2. The molecule has 0 amide bonds. The van der Waals surface area contributed by atoms with Gasteiger partial charge in [-0.15, -0.1) is 0 Å². The van der Waals surface area contributed by atoms with Gasteiger partial charge in [0.1, 0.15) is 6.10 Å². The molecule has 1 aromatic rings. The largest absolute Gasteiger partial charge is 0.386 e. The maximum absolute atomic E-state index is 9.97. The van der Waals surface area contributed by atoms with Crippen LogP contribution in [0, 0.1) is 0 Å². The highest BCUT2D eigenvalue weighted by Crippen LogP contribution is 2.19. The van der Waals surface area contributed by atoms with Gasteiger partial charge < -0.3 is 14.6 Å². The maximum Gasteiger partial charge on any atom is 0.103 e. The molecule has 1 aromatic carbocycles. The summed E-state index contributed by atoms with van der Waals surface area (Å²) in [6, 6.07) is 7.73. The van der Waals surface area contributed by atoms with Gasteiger partial charge in [0.15, 0.2) is 0 Å². The van der Waals surface area contributed by atoms with Crippen molar-refractivity contribution in [2.24, 2.45) is 0 Å². The minimum Gasteiger partial charge on any atom is -0.386 e. The summed E-state index contributed by atoms with van der Waals surface area (Å²) in [5, 5.41) is 9.97. The number of benzene rings is 1. The zero-order valence-electron chi connectivity index (χ0n) is 9.98. The molecule has 0 heterocycles. The minimum absolute atomic E-state index is 0.342. The van der Waals surface area contributed by atoms with Crippen LogP contribution in [0.1, 0.15) is 30.6 Å². The third kappa shape index (κ3) is 3.93. The Balaban J connectivity index is 2.62. The second kappa shape index (κ2) is 7.39. The van der Waals surface area contributed by atoms with Gasteiger partial charge in [0.05, 0.1) is 13.2 Å². The first-order valence-electron chi connectivity index (χ1n) is 5.62. The fourth-order valence-corrected chi connectivity index (χ4v) is 1.58. The molecule has 0 saturated carbocycles. The maximum atomic E-state index is 9.97. The molecule has 16 heavy (non-hydrogen) atoms. The Bertz CT molecular complexity index is 299. The Morgan fingerprint density at radius 1 is 1.31 bits per heavy atom. The first-order chi connectivity index (χ1) is 7.79. The number of aliphatic hydroxyl groups is 1. The van der Waals surface area contributed by atoms with E-state index < -0.39 is 6.10 Å². The Labute approximate surface area is 97.0 Å². The lowest BCUT2D eigenvalue weighted by atomic mass is 10.0. The average Bonchev–Trinajstić information content (AvgIpc) is 2.30. The fraction of sp³-hybridized carbons (Fsp3) is 0.538. The number of hydrogen-bond donors (Lipinski definition) is 1. The van der Waals surface area contributed by atoms with Gasteiger partial charge in [-0.25, -0.2) is 0 Å². The van der Waals surface area contributed by atoms with Crippen LogP contribution in [0.2, 0.25) is 0 Å². The van der Waals surface area contributed by atoms with Gasteiger partial charge >= 0.3 is 0 Å². The van der Waals surface area contributed by atoms with Crippen molar-refractivity contribution in [2.75, 3.05) is 20.3 Å². The van der Waals surface area contributed by atoms with Crippen molar-refractivity contribution in [3.8, 4) is 0 Å². The standard InChI is InChI=1S/C13H20O3/c1-3-8-16-10-13(14)12-7-5-4-6-11(12)9-15-2/h4-7,13-14H,3,8-10H2,1-2H3. The summed E-state index contributed by atoms with van der Waals surface area (Å²) < 4.78 is 10.4. The summed E-state index contributed by atoms with van der Waals surface area (Å²) in [5.41, 5.74) is 1.90. The van der Waals surface area contributed by atoms with Crippen molar-refractivity contribution < 1.29 is 14.6 Å². The van der Waals surface area contributed by atoms with Crippen molar-refractivity contribution in [3.63, 3.8) is 0 Å². The molecule has 0 aromatic heterocycles. The van der Waals surface area contributed by atoms with Crippen LogP contribution in [0.4, 0.5) is 0 Å². The predicted octanol–water partition coefficient (Wildman–Crippen LogP) is 2.29. The molecule has 90 valence electrons. The highest BCUT2D eigenvalue weighted by atomic mass is 16.5. The number of hydrogen-bond acceptors (Lipinski definition) is 3. The van der Waals surface area contributed by atoms with Gasteiger partial charge in [0, 0.05) is 13.7 Å². The number of ether oxygens (including phenoxy) is 2. The fourth-order valence-electron chi connectivity index (χ4n) is 1.58. The summed E-state index contributed by atoms with van der Waals surface area (Å²) >= 11 is 0. The molecule has 3 nitrogen and oxygen atoms in total. The minimum atomic E-state index is -0.571. The van der Waals surface area contributed by atoms with Crippen LogP contribution in [0.15, 0.2) is 24.3 Å². The number of aliphatic hydroxyl groups excluding tert-OH is 1. The molecule has 0 spiro atoms. The van der Waals surface area contributed by atoms with Crippen LogP contribution >= 0.6 is 0 Å². The van der Waals surface area contributed by atoms with E-state index in [4.69, 9.17) is 9.47 Å². The van der Waals surface area contributed by atoms with Crippen LogP contribution in [0.3, 0.4) is 0 Å². The molecule has 0 aliphatic carbocycles. The van der Waals surface area contributed by atoms with Crippen molar-refractivity contribution >= 4 is 0 Å². The Kier molecular flexibility index (Phi) is 6.08. The van der Waals surface area contributed by atoms with Gasteiger partial charge in [-0.1, -0.05) is 31.2 Å². The Hall–Kier alpha value is -0.900. The molecule has 1 atom stereocenters. The first-order valence-corrected chi connectivity index (χ1v) is 5.62. The summed E-state index contributed by atoms with van der Waals surface area (Å²) in [4.78, 5) is 0. The molecule has 0 saturated heterocycles. The second-order valence-electron chi connectivity index (χ2n) is 3.72. The van der Waals surface area contributed by atoms with Crippen molar-refractivity contribution in [1.82, 2.24) is 0 Å². The summed E-state index contributed by atoms with van der Waals surface area (Å²) in [6.07, 6.45) is 0.393. The van der Waals surface area contributed by atoms with E-state index >= 15 is 0 Å². The van der Waals surface area contributed by atoms with Gasteiger partial charge in [0.25, 0.3) is 0 Å². The lowest BCUT2D eigenvalue weighted by Gasteiger charge is -2.15. The second-order valence-corrected chi connectivity index (χ2v) is 3.72. The summed E-state index contributed by atoms with van der Waals surface area (Å²) in [6.45, 7) is 3.59. The third-order valence-corrected chi connectivity index (χ3v) is 2.34. The van der Waals surface area contributed by atoms with Gasteiger partial charge in [-0.05, 0) is 17.5 Å². The van der Waals surface area contributed by atoms with Crippen LogP contribution in [0.25, 0.3) is 0 Å². The van der Waals surface area contributed by atoms with Crippen LogP contribution in [-0.4, -0.2) is 25.4 Å². The molecule has 3 heteroatoms. The van der Waals surface area contributed by atoms with E-state index in [-0.39, 0.29) is 0 Å². The smallest absolute Gasteiger partial charge is 0.103 e. The Morgan fingerprint density at radius 3 is 2.75 bits per heavy atom. The number of methoxy groups -OCH3 is 1. The van der Waals surface area contributed by atoms with E-state index in [9.17, 15) is 5.11 Å². The molecule has 0 bridgehead atoms. The summed E-state index contributed by atoms with van der Waals surface area (Å²) in [5.74, 6) is 0. The van der Waals surface area contributed by atoms with Gasteiger partial charge in [-0.3, -0.25) is 0 Å². The highest BCUT2D eigenvalue weighted by molar-refractivity contribution is 5.28. The zero-order chi connectivity index (χ0) is 11.8. The molecule has 1 N–H and O–H groups in total. The molecule has 0 radical (unpaired) electrons. The number of rotatable bonds is 7. The quantitative estimate of drug-likeness (QED) is 0.722. The topological polar surface area (TPSA) is 38.7 Å². The Morgan fingerprint density at radius 2 is 2.06 bits per heavy atom. The van der Waals surface area contributed by atoms with Crippen molar-refractivity contribution in [3.05, 3.63) is 35.4 Å². The molecule has 0 fully saturated rings. The van der Waals surface area contributed by atoms with E-state index in [1.165, 1.54) is 0 Å². The average molecular weight is 224 g/mol. The van der Waals surface area contributed by atoms with E-state index in [1.54, 1.807) is 7.11 Å². The normalized spacial score (nSPS) is 12.7. The van der Waals surface area contributed by atoms with Crippen LogP contribution in [0.5, 0.6) is 0 Å². The van der Waals surface area contributed by atoms with Crippen molar-refractivity contribution in [1.29, 1.82) is 0 Å². The molecular formula is C13H20O3. The summed E-state index contributed by atoms with van der Waals surface area (Å²) in [7, 11) is 1.65. The SMILES string of the molecule is CCCOCC(O)c1ccccc1COC. The van der Waals surface area contributed by atoms with Crippen LogP contribution < -0.4 is 0 Å².